The molecule has 96 valence electrons. The normalized spacial score (nSPS) is 10.7. The Morgan fingerprint density at radius 2 is 2.06 bits per heavy atom. The summed E-state index contributed by atoms with van der Waals surface area (Å²) >= 11 is 0. The molecule has 0 saturated heterocycles. The zero-order valence-electron chi connectivity index (χ0n) is 11.1. The maximum atomic E-state index is 5.66. The third-order valence-electron chi connectivity index (χ3n) is 3.04. The maximum Gasteiger partial charge on any atom is 0.123 e. The molecule has 0 atom stereocenters. The van der Waals surface area contributed by atoms with Crippen molar-refractivity contribution in [3.8, 4) is 5.75 Å². The Bertz CT molecular complexity index is 546. The molecular formula is C14H19N3O. The van der Waals surface area contributed by atoms with Crippen LogP contribution in [0.15, 0.2) is 24.4 Å². The highest BCUT2D eigenvalue weighted by Gasteiger charge is 2.07. The zero-order valence-corrected chi connectivity index (χ0v) is 11.1. The molecule has 0 amide bonds. The average Bonchev–Trinajstić information content (AvgIpc) is 2.70. The van der Waals surface area contributed by atoms with Crippen molar-refractivity contribution >= 4 is 0 Å². The maximum absolute atomic E-state index is 5.66. The first-order valence-corrected chi connectivity index (χ1v) is 6.00. The fraction of sp³-hybridized carbons (Fsp3) is 0.357. The van der Waals surface area contributed by atoms with Gasteiger partial charge in [0.05, 0.1) is 19.3 Å². The second kappa shape index (κ2) is 5.23. The summed E-state index contributed by atoms with van der Waals surface area (Å²) in [7, 11) is 1.69. The van der Waals surface area contributed by atoms with Gasteiger partial charge in [-0.15, -0.1) is 0 Å². The van der Waals surface area contributed by atoms with Crippen LogP contribution in [0.3, 0.4) is 0 Å². The first kappa shape index (κ1) is 12.6. The molecule has 2 aromatic rings. The Morgan fingerprint density at radius 1 is 1.28 bits per heavy atom. The van der Waals surface area contributed by atoms with E-state index in [9.17, 15) is 0 Å². The summed E-state index contributed by atoms with van der Waals surface area (Å²) in [5.74, 6) is 0.892. The van der Waals surface area contributed by atoms with Crippen LogP contribution in [-0.4, -0.2) is 16.9 Å². The van der Waals surface area contributed by atoms with Gasteiger partial charge in [0.15, 0.2) is 0 Å². The van der Waals surface area contributed by atoms with Gasteiger partial charge in [-0.3, -0.25) is 4.68 Å². The van der Waals surface area contributed by atoms with E-state index in [1.807, 2.05) is 29.9 Å². The minimum absolute atomic E-state index is 0.525. The van der Waals surface area contributed by atoms with Crippen molar-refractivity contribution in [1.82, 2.24) is 9.78 Å². The Balaban J connectivity index is 2.29. The number of hydrogen-bond acceptors (Lipinski definition) is 3. The highest BCUT2D eigenvalue weighted by molar-refractivity contribution is 5.37. The number of aromatic nitrogens is 2. The lowest BCUT2D eigenvalue weighted by Gasteiger charge is -2.09. The lowest BCUT2D eigenvalue weighted by Crippen LogP contribution is -2.03. The molecule has 1 aromatic heterocycles. The Kier molecular flexibility index (Phi) is 3.67. The molecule has 0 fully saturated rings. The van der Waals surface area contributed by atoms with Crippen LogP contribution in [0.25, 0.3) is 0 Å². The van der Waals surface area contributed by atoms with Gasteiger partial charge in [0.1, 0.15) is 5.75 Å². The van der Waals surface area contributed by atoms with Gasteiger partial charge >= 0.3 is 0 Å². The van der Waals surface area contributed by atoms with Crippen LogP contribution in [0.2, 0.25) is 0 Å². The minimum Gasteiger partial charge on any atom is -0.496 e. The molecular weight excluding hydrogens is 226 g/mol. The highest BCUT2D eigenvalue weighted by Crippen LogP contribution is 2.21. The number of aryl methyl sites for hydroxylation is 2. The van der Waals surface area contributed by atoms with Gasteiger partial charge in [-0.25, -0.2) is 0 Å². The number of benzene rings is 1. The van der Waals surface area contributed by atoms with Crippen molar-refractivity contribution in [2.24, 2.45) is 5.73 Å². The van der Waals surface area contributed by atoms with Gasteiger partial charge in [-0.05, 0) is 19.9 Å². The molecule has 0 aliphatic heterocycles. The largest absolute Gasteiger partial charge is 0.496 e. The summed E-state index contributed by atoms with van der Waals surface area (Å²) in [6.07, 6.45) is 2.00. The molecule has 1 aromatic carbocycles. The second-order valence-corrected chi connectivity index (χ2v) is 4.46. The predicted molar refractivity (Wildman–Crippen MR) is 71.7 cm³/mol. The van der Waals surface area contributed by atoms with Gasteiger partial charge in [-0.2, -0.15) is 5.10 Å². The van der Waals surface area contributed by atoms with E-state index in [4.69, 9.17) is 10.5 Å². The van der Waals surface area contributed by atoms with E-state index in [0.717, 1.165) is 22.6 Å². The minimum atomic E-state index is 0.525. The van der Waals surface area contributed by atoms with E-state index < -0.39 is 0 Å². The molecule has 0 aliphatic carbocycles. The van der Waals surface area contributed by atoms with Gasteiger partial charge in [-0.1, -0.05) is 17.7 Å². The first-order valence-electron chi connectivity index (χ1n) is 6.00. The van der Waals surface area contributed by atoms with Crippen molar-refractivity contribution in [2.75, 3.05) is 7.11 Å². The quantitative estimate of drug-likeness (QED) is 0.896. The van der Waals surface area contributed by atoms with E-state index in [1.165, 1.54) is 5.56 Å². The average molecular weight is 245 g/mol. The third kappa shape index (κ3) is 2.54. The molecule has 0 spiro atoms. The van der Waals surface area contributed by atoms with Gasteiger partial charge in [0, 0.05) is 23.9 Å². The zero-order chi connectivity index (χ0) is 13.1. The summed E-state index contributed by atoms with van der Waals surface area (Å²) < 4.78 is 7.28. The van der Waals surface area contributed by atoms with E-state index in [2.05, 4.69) is 18.1 Å². The lowest BCUT2D eigenvalue weighted by molar-refractivity contribution is 0.407. The van der Waals surface area contributed by atoms with Crippen LogP contribution in [0.4, 0.5) is 0 Å². The molecule has 0 saturated carbocycles. The second-order valence-electron chi connectivity index (χ2n) is 4.46. The number of rotatable bonds is 4. The molecule has 2 rings (SSSR count). The smallest absolute Gasteiger partial charge is 0.123 e. The van der Waals surface area contributed by atoms with Gasteiger partial charge in [0.25, 0.3) is 0 Å². The summed E-state index contributed by atoms with van der Waals surface area (Å²) in [5, 5.41) is 4.46. The Morgan fingerprint density at radius 3 is 2.67 bits per heavy atom. The van der Waals surface area contributed by atoms with E-state index in [1.54, 1.807) is 7.11 Å². The predicted octanol–water partition coefficient (Wildman–Crippen LogP) is 2.02. The molecule has 0 aliphatic rings. The fourth-order valence-electron chi connectivity index (χ4n) is 2.05. The Labute approximate surface area is 107 Å². The molecule has 0 bridgehead atoms. The van der Waals surface area contributed by atoms with Crippen LogP contribution >= 0.6 is 0 Å². The fourth-order valence-corrected chi connectivity index (χ4v) is 2.05. The van der Waals surface area contributed by atoms with E-state index >= 15 is 0 Å². The van der Waals surface area contributed by atoms with Crippen LogP contribution in [0.5, 0.6) is 5.75 Å². The van der Waals surface area contributed by atoms with Crippen molar-refractivity contribution in [2.45, 2.75) is 26.9 Å². The first-order chi connectivity index (χ1) is 8.63. The van der Waals surface area contributed by atoms with E-state index in [0.29, 0.717) is 13.1 Å². The van der Waals surface area contributed by atoms with Gasteiger partial charge < -0.3 is 10.5 Å². The molecule has 1 heterocycles. The summed E-state index contributed by atoms with van der Waals surface area (Å²) in [6.45, 7) is 5.28. The molecule has 4 heteroatoms. The third-order valence-corrected chi connectivity index (χ3v) is 3.04. The van der Waals surface area contributed by atoms with Crippen LogP contribution in [-0.2, 0) is 13.1 Å². The summed E-state index contributed by atoms with van der Waals surface area (Å²) in [6, 6.07) is 6.16. The molecule has 2 N–H and O–H groups in total. The van der Waals surface area contributed by atoms with E-state index in [-0.39, 0.29) is 0 Å². The number of nitrogens with two attached hydrogens (primary N) is 1. The molecule has 0 radical (unpaired) electrons. The number of ether oxygens (including phenoxy) is 1. The SMILES string of the molecule is COc1ccc(C)cc1Cn1cc(CN)c(C)n1. The summed E-state index contributed by atoms with van der Waals surface area (Å²) in [4.78, 5) is 0. The van der Waals surface area contributed by atoms with Crippen LogP contribution in [0.1, 0.15) is 22.4 Å². The van der Waals surface area contributed by atoms with Gasteiger partial charge in [0.2, 0.25) is 0 Å². The standard InChI is InChI=1S/C14H19N3O/c1-10-4-5-14(18-3)12(6-10)8-17-9-13(7-15)11(2)16-17/h4-6,9H,7-8,15H2,1-3H3. The topological polar surface area (TPSA) is 53.1 Å². The van der Waals surface area contributed by atoms with Crippen molar-refractivity contribution in [3.63, 3.8) is 0 Å². The number of nitrogens with zero attached hydrogens (tertiary/aromatic N) is 2. The molecule has 0 unspecified atom stereocenters. The highest BCUT2D eigenvalue weighted by atomic mass is 16.5. The Hall–Kier alpha value is -1.81. The van der Waals surface area contributed by atoms with Crippen LogP contribution in [0, 0.1) is 13.8 Å². The lowest BCUT2D eigenvalue weighted by atomic mass is 10.1. The van der Waals surface area contributed by atoms with Crippen molar-refractivity contribution < 1.29 is 4.74 Å². The monoisotopic (exact) mass is 245 g/mol. The van der Waals surface area contributed by atoms with Crippen molar-refractivity contribution in [3.05, 3.63) is 46.8 Å². The molecule has 4 nitrogen and oxygen atoms in total. The van der Waals surface area contributed by atoms with Crippen molar-refractivity contribution in [1.29, 1.82) is 0 Å². The van der Waals surface area contributed by atoms with Crippen LogP contribution < -0.4 is 10.5 Å². The number of methoxy groups -OCH3 is 1. The summed E-state index contributed by atoms with van der Waals surface area (Å²) in [5.41, 5.74) is 10.1. The molecule has 18 heavy (non-hydrogen) atoms. The number of hydrogen-bond donors (Lipinski definition) is 1.